The molecule has 0 radical (unpaired) electrons. The number of fused-ring (bicyclic) bond motifs is 4. The summed E-state index contributed by atoms with van der Waals surface area (Å²) >= 11 is 0. The molecular weight excluding hydrogens is 721 g/mol. The number of rotatable bonds is 7. The highest BCUT2D eigenvalue weighted by atomic mass is 32.3. The molecule has 0 saturated heterocycles. The lowest BCUT2D eigenvalue weighted by Crippen LogP contribution is -2.61. The average molecular weight is 768 g/mol. The molecule has 2 aliphatic heterocycles. The highest BCUT2D eigenvalue weighted by Crippen LogP contribution is 2.49. The van der Waals surface area contributed by atoms with E-state index in [9.17, 15) is 0 Å². The van der Waals surface area contributed by atoms with E-state index in [1.54, 1.807) is 0 Å². The van der Waals surface area contributed by atoms with Gasteiger partial charge in [-0.25, -0.2) is 10.0 Å². The second kappa shape index (κ2) is 14.2. The molecule has 10 rings (SSSR count). The summed E-state index contributed by atoms with van der Waals surface area (Å²) in [6.07, 6.45) is 7.09. The van der Waals surface area contributed by atoms with Crippen molar-refractivity contribution in [1.82, 2.24) is 0 Å². The fraction of sp³-hybridized carbons (Fsp3) is 0.0943. The first-order valence-corrected chi connectivity index (χ1v) is 22.9. The molecule has 0 spiro atoms. The highest BCUT2D eigenvalue weighted by molar-refractivity contribution is 8.32. The lowest BCUT2D eigenvalue weighted by atomic mass is 9.33. The SMILES string of the molecule is Cc1ccc(N2c3ccc(C)cc3B3c4ccc(N(c5ccccc5)c5ccccc5)cc4N(c4ccccc4)c4cc(-c5ccc(S(C)(C)C)cc5)cc2c43)cc1. The Bertz CT molecular complexity index is 2740. The Morgan fingerprint density at radius 2 is 0.966 bits per heavy atom. The maximum absolute atomic E-state index is 2.52. The number of para-hydroxylation sites is 3. The first-order valence-electron chi connectivity index (χ1n) is 20.1. The van der Waals surface area contributed by atoms with E-state index in [-0.39, 0.29) is 6.71 Å². The quantitative estimate of drug-likeness (QED) is 0.150. The van der Waals surface area contributed by atoms with E-state index in [0.717, 1.165) is 28.4 Å². The zero-order valence-electron chi connectivity index (χ0n) is 33.7. The maximum Gasteiger partial charge on any atom is 0.252 e. The molecule has 8 aromatic rings. The van der Waals surface area contributed by atoms with Gasteiger partial charge in [0.15, 0.2) is 0 Å². The van der Waals surface area contributed by atoms with Crippen molar-refractivity contribution in [3.8, 4) is 11.1 Å². The van der Waals surface area contributed by atoms with Crippen LogP contribution < -0.4 is 31.1 Å². The normalized spacial score (nSPS) is 13.1. The third kappa shape index (κ3) is 6.18. The average Bonchev–Trinajstić information content (AvgIpc) is 3.25. The van der Waals surface area contributed by atoms with Gasteiger partial charge in [-0.3, -0.25) is 0 Å². The highest BCUT2D eigenvalue weighted by Gasteiger charge is 2.44. The van der Waals surface area contributed by atoms with Crippen molar-refractivity contribution in [3.63, 3.8) is 0 Å². The van der Waals surface area contributed by atoms with Crippen molar-refractivity contribution in [2.24, 2.45) is 0 Å². The van der Waals surface area contributed by atoms with Gasteiger partial charge in [0.1, 0.15) is 0 Å². The monoisotopic (exact) mass is 767 g/mol. The predicted molar refractivity (Wildman–Crippen MR) is 254 cm³/mol. The maximum atomic E-state index is 2.52. The van der Waals surface area contributed by atoms with Crippen LogP contribution in [0.1, 0.15) is 11.1 Å². The Hall–Kier alpha value is -6.43. The van der Waals surface area contributed by atoms with Gasteiger partial charge in [-0.1, -0.05) is 108 Å². The van der Waals surface area contributed by atoms with Crippen LogP contribution in [0.5, 0.6) is 0 Å². The largest absolute Gasteiger partial charge is 0.311 e. The summed E-state index contributed by atoms with van der Waals surface area (Å²) in [6, 6.07) is 69.8. The molecule has 2 aliphatic rings. The third-order valence-electron chi connectivity index (χ3n) is 11.7. The number of hydrogen-bond acceptors (Lipinski definition) is 3. The van der Waals surface area contributed by atoms with Crippen LogP contribution in [-0.4, -0.2) is 25.5 Å². The summed E-state index contributed by atoms with van der Waals surface area (Å²) in [7, 11) is -0.863. The molecule has 58 heavy (non-hydrogen) atoms. The summed E-state index contributed by atoms with van der Waals surface area (Å²) in [5.74, 6) is 0. The molecule has 0 amide bonds. The van der Waals surface area contributed by atoms with Crippen molar-refractivity contribution in [1.29, 1.82) is 0 Å². The van der Waals surface area contributed by atoms with E-state index in [0.29, 0.717) is 0 Å². The molecule has 0 fully saturated rings. The van der Waals surface area contributed by atoms with Crippen molar-refractivity contribution >= 4 is 84.3 Å². The smallest absolute Gasteiger partial charge is 0.252 e. The fourth-order valence-electron chi connectivity index (χ4n) is 8.90. The Balaban J connectivity index is 1.28. The van der Waals surface area contributed by atoms with Gasteiger partial charge in [-0.05, 0) is 156 Å². The van der Waals surface area contributed by atoms with Crippen LogP contribution in [0, 0.1) is 13.8 Å². The number of nitrogens with zero attached hydrogens (tertiary/aromatic N) is 3. The minimum absolute atomic E-state index is 0.0217. The number of hydrogen-bond donors (Lipinski definition) is 0. The van der Waals surface area contributed by atoms with Crippen molar-refractivity contribution in [3.05, 3.63) is 199 Å². The van der Waals surface area contributed by atoms with Crippen molar-refractivity contribution in [2.75, 3.05) is 33.5 Å². The Kier molecular flexibility index (Phi) is 8.80. The molecule has 0 N–H and O–H groups in total. The molecular formula is C53H46BN3S. The van der Waals surface area contributed by atoms with Crippen molar-refractivity contribution < 1.29 is 0 Å². The van der Waals surface area contributed by atoms with Crippen LogP contribution >= 0.6 is 10.0 Å². The number of anilines is 9. The first-order chi connectivity index (χ1) is 28.2. The van der Waals surface area contributed by atoms with Gasteiger partial charge in [0.25, 0.3) is 6.71 Å². The minimum atomic E-state index is -0.863. The van der Waals surface area contributed by atoms with E-state index in [1.807, 2.05) is 0 Å². The van der Waals surface area contributed by atoms with Crippen LogP contribution in [0.4, 0.5) is 51.2 Å². The van der Waals surface area contributed by atoms with E-state index >= 15 is 0 Å². The zero-order chi connectivity index (χ0) is 39.5. The molecule has 0 atom stereocenters. The second-order valence-corrected chi connectivity index (χ2v) is 20.5. The Morgan fingerprint density at radius 3 is 1.57 bits per heavy atom. The van der Waals surface area contributed by atoms with Gasteiger partial charge in [0.2, 0.25) is 0 Å². The van der Waals surface area contributed by atoms with Crippen LogP contribution in [0.15, 0.2) is 193 Å². The van der Waals surface area contributed by atoms with E-state index < -0.39 is 10.0 Å². The number of benzene rings is 8. The Morgan fingerprint density at radius 1 is 0.414 bits per heavy atom. The van der Waals surface area contributed by atoms with Gasteiger partial charge in [-0.15, -0.1) is 0 Å². The summed E-state index contributed by atoms with van der Waals surface area (Å²) in [4.78, 5) is 8.82. The molecule has 3 nitrogen and oxygen atoms in total. The van der Waals surface area contributed by atoms with Crippen LogP contribution in [-0.2, 0) is 0 Å². The molecule has 8 aromatic carbocycles. The summed E-state index contributed by atoms with van der Waals surface area (Å²) in [5.41, 5.74) is 19.3. The molecule has 0 aromatic heterocycles. The fourth-order valence-corrected chi connectivity index (χ4v) is 9.85. The van der Waals surface area contributed by atoms with Gasteiger partial charge in [0, 0.05) is 51.2 Å². The van der Waals surface area contributed by atoms with Crippen LogP contribution in [0.2, 0.25) is 0 Å². The van der Waals surface area contributed by atoms with Gasteiger partial charge in [-0.2, -0.15) is 0 Å². The van der Waals surface area contributed by atoms with Gasteiger partial charge in [0.05, 0.1) is 0 Å². The second-order valence-electron chi connectivity index (χ2n) is 16.4. The van der Waals surface area contributed by atoms with Gasteiger partial charge >= 0.3 is 0 Å². The van der Waals surface area contributed by atoms with E-state index in [1.165, 1.54) is 66.3 Å². The van der Waals surface area contributed by atoms with Crippen LogP contribution in [0.25, 0.3) is 11.1 Å². The lowest BCUT2D eigenvalue weighted by Gasteiger charge is -2.45. The predicted octanol–water partition coefficient (Wildman–Crippen LogP) is 12.6. The zero-order valence-corrected chi connectivity index (χ0v) is 34.5. The molecule has 0 aliphatic carbocycles. The van der Waals surface area contributed by atoms with Crippen LogP contribution in [0.3, 0.4) is 0 Å². The summed E-state index contributed by atoms with van der Waals surface area (Å²) < 4.78 is 0. The first kappa shape index (κ1) is 36.0. The third-order valence-corrected chi connectivity index (χ3v) is 13.4. The lowest BCUT2D eigenvalue weighted by molar-refractivity contribution is 1.23. The number of aryl methyl sites for hydroxylation is 2. The standard InChI is InChI=1S/C53H46BN3S/c1-37-21-26-44(27-22-37)56-49-32-23-38(2)33-48(49)54-47-31-28-45(55(41-15-9-6-10-16-41)42-17-11-7-12-18-42)36-50(47)57(43-19-13-8-14-20-43)52-35-40(34-51(56)53(52)54)39-24-29-46(30-25-39)58(3,4)5/h6-36H,1-5H3. The van der Waals surface area contributed by atoms with Gasteiger partial charge < -0.3 is 14.7 Å². The molecule has 5 heteroatoms. The molecule has 282 valence electrons. The summed E-state index contributed by atoms with van der Waals surface area (Å²) in [6.45, 7) is 4.41. The Labute approximate surface area is 345 Å². The molecule has 2 heterocycles. The topological polar surface area (TPSA) is 9.72 Å². The van der Waals surface area contributed by atoms with E-state index in [4.69, 9.17) is 0 Å². The van der Waals surface area contributed by atoms with E-state index in [2.05, 4.69) is 235 Å². The van der Waals surface area contributed by atoms with Crippen molar-refractivity contribution in [2.45, 2.75) is 18.7 Å². The minimum Gasteiger partial charge on any atom is -0.311 e. The molecule has 0 saturated carbocycles. The molecule has 0 bridgehead atoms. The summed E-state index contributed by atoms with van der Waals surface area (Å²) in [5, 5.41) is 0. The molecule has 0 unspecified atom stereocenters.